The number of hydrogen-bond acceptors (Lipinski definition) is 1. The molecule has 0 heterocycles. The van der Waals surface area contributed by atoms with Crippen molar-refractivity contribution in [3.05, 3.63) is 64.5 Å². The molecule has 0 atom stereocenters. The smallest absolute Gasteiger partial charge is 0.126 e. The molecule has 0 N–H and O–H groups in total. The van der Waals surface area contributed by atoms with E-state index in [0.29, 0.717) is 16.8 Å². The molecule has 0 spiro atoms. The third-order valence-corrected chi connectivity index (χ3v) is 2.23. The van der Waals surface area contributed by atoms with Crippen LogP contribution in [0.3, 0.4) is 0 Å². The summed E-state index contributed by atoms with van der Waals surface area (Å²) in [6.07, 6.45) is 0. The van der Waals surface area contributed by atoms with Gasteiger partial charge in [0.15, 0.2) is 0 Å². The average Bonchev–Trinajstić information content (AvgIpc) is 2.29. The number of halogens is 2. The molecule has 2 aromatic carbocycles. The summed E-state index contributed by atoms with van der Waals surface area (Å²) in [4.78, 5) is 2.67. The Bertz CT molecular complexity index is 584. The Hall–Kier alpha value is -2.39. The van der Waals surface area contributed by atoms with Crippen molar-refractivity contribution in [2.24, 2.45) is 5.11 Å². The fourth-order valence-corrected chi connectivity index (χ4v) is 1.56. The van der Waals surface area contributed by atoms with E-state index >= 15 is 0 Å². The van der Waals surface area contributed by atoms with Crippen LogP contribution >= 0.6 is 0 Å². The third-order valence-electron chi connectivity index (χ3n) is 2.23. The van der Waals surface area contributed by atoms with Gasteiger partial charge in [0.25, 0.3) is 0 Å². The maximum absolute atomic E-state index is 13.1. The zero-order valence-electron chi connectivity index (χ0n) is 8.64. The van der Waals surface area contributed by atoms with Crippen LogP contribution in [0.4, 0.5) is 14.5 Å². The summed E-state index contributed by atoms with van der Waals surface area (Å²) in [7, 11) is 0. The molecule has 0 amide bonds. The highest BCUT2D eigenvalue weighted by atomic mass is 19.1. The van der Waals surface area contributed by atoms with Crippen LogP contribution in [0.15, 0.2) is 47.6 Å². The van der Waals surface area contributed by atoms with Crippen LogP contribution < -0.4 is 0 Å². The van der Waals surface area contributed by atoms with Gasteiger partial charge in [-0.3, -0.25) is 0 Å². The predicted octanol–water partition coefficient (Wildman–Crippen LogP) is 4.57. The molecule has 84 valence electrons. The molecule has 0 fully saturated rings. The highest BCUT2D eigenvalue weighted by Gasteiger charge is 2.06. The fraction of sp³-hybridized carbons (Fsp3) is 0. The van der Waals surface area contributed by atoms with Crippen molar-refractivity contribution < 1.29 is 8.78 Å². The van der Waals surface area contributed by atoms with Gasteiger partial charge in [-0.25, -0.2) is 8.78 Å². The summed E-state index contributed by atoms with van der Waals surface area (Å²) in [5, 5.41) is 3.48. The van der Waals surface area contributed by atoms with Crippen LogP contribution in [-0.2, 0) is 0 Å². The van der Waals surface area contributed by atoms with Crippen LogP contribution in [0.2, 0.25) is 0 Å². The Morgan fingerprint density at radius 2 is 1.65 bits per heavy atom. The molecule has 0 aromatic heterocycles. The summed E-state index contributed by atoms with van der Waals surface area (Å²) in [5.74, 6) is -1.34. The zero-order chi connectivity index (χ0) is 12.3. The first-order valence-corrected chi connectivity index (χ1v) is 4.81. The molecule has 2 aromatic rings. The van der Waals surface area contributed by atoms with E-state index in [1.54, 1.807) is 24.3 Å². The number of nitrogens with zero attached hydrogens (tertiary/aromatic N) is 3. The quantitative estimate of drug-likeness (QED) is 0.413. The molecule has 5 heteroatoms. The van der Waals surface area contributed by atoms with E-state index in [0.717, 1.165) is 6.07 Å². The van der Waals surface area contributed by atoms with E-state index in [1.807, 2.05) is 0 Å². The molecular formula is C12H7F2N3. The topological polar surface area (TPSA) is 48.8 Å². The predicted molar refractivity (Wildman–Crippen MR) is 60.6 cm³/mol. The van der Waals surface area contributed by atoms with Crippen molar-refractivity contribution >= 4 is 5.69 Å². The van der Waals surface area contributed by atoms with Gasteiger partial charge in [-0.15, -0.1) is 0 Å². The second-order valence-corrected chi connectivity index (χ2v) is 3.36. The molecule has 0 saturated carbocycles. The van der Waals surface area contributed by atoms with Crippen LogP contribution in [-0.4, -0.2) is 0 Å². The molecule has 0 bridgehead atoms. The molecule has 0 aliphatic rings. The second kappa shape index (κ2) is 4.63. The lowest BCUT2D eigenvalue weighted by Gasteiger charge is -2.05. The number of hydrogen-bond donors (Lipinski definition) is 0. The van der Waals surface area contributed by atoms with Crippen molar-refractivity contribution in [3.8, 4) is 11.1 Å². The first-order valence-electron chi connectivity index (χ1n) is 4.81. The van der Waals surface area contributed by atoms with Gasteiger partial charge < -0.3 is 0 Å². The Morgan fingerprint density at radius 1 is 1.00 bits per heavy atom. The van der Waals surface area contributed by atoms with Crippen LogP contribution in [0.5, 0.6) is 0 Å². The molecule has 3 nitrogen and oxygen atoms in total. The SMILES string of the molecule is [N-]=[N+]=Nc1ccccc1-c1cc(F)cc(F)c1. The monoisotopic (exact) mass is 231 g/mol. The van der Waals surface area contributed by atoms with Gasteiger partial charge in [0.05, 0.1) is 0 Å². The Balaban J connectivity index is 2.63. The fourth-order valence-electron chi connectivity index (χ4n) is 1.56. The van der Waals surface area contributed by atoms with E-state index < -0.39 is 11.6 Å². The largest absolute Gasteiger partial charge is 0.207 e. The van der Waals surface area contributed by atoms with Gasteiger partial charge in [0, 0.05) is 16.7 Å². The minimum absolute atomic E-state index is 0.333. The van der Waals surface area contributed by atoms with Gasteiger partial charge in [0.2, 0.25) is 0 Å². The standard InChI is InChI=1S/C12H7F2N3/c13-9-5-8(6-10(14)7-9)11-3-1-2-4-12(11)16-17-15/h1-7H. The van der Waals surface area contributed by atoms with Crippen molar-refractivity contribution in [2.75, 3.05) is 0 Å². The van der Waals surface area contributed by atoms with E-state index in [4.69, 9.17) is 5.53 Å². The lowest BCUT2D eigenvalue weighted by molar-refractivity contribution is 0.584. The summed E-state index contributed by atoms with van der Waals surface area (Å²) < 4.78 is 26.2. The molecule has 0 saturated heterocycles. The highest BCUT2D eigenvalue weighted by Crippen LogP contribution is 2.30. The normalized spacial score (nSPS) is 9.76. The van der Waals surface area contributed by atoms with Crippen molar-refractivity contribution in [3.63, 3.8) is 0 Å². The van der Waals surface area contributed by atoms with Crippen molar-refractivity contribution in [2.45, 2.75) is 0 Å². The number of rotatable bonds is 2. The van der Waals surface area contributed by atoms with E-state index in [1.165, 1.54) is 12.1 Å². The second-order valence-electron chi connectivity index (χ2n) is 3.36. The molecule has 0 aliphatic heterocycles. The van der Waals surface area contributed by atoms with Crippen molar-refractivity contribution in [1.29, 1.82) is 0 Å². The zero-order valence-corrected chi connectivity index (χ0v) is 8.64. The van der Waals surface area contributed by atoms with Gasteiger partial charge in [-0.05, 0) is 28.8 Å². The van der Waals surface area contributed by atoms with E-state index in [2.05, 4.69) is 10.0 Å². The van der Waals surface area contributed by atoms with E-state index in [-0.39, 0.29) is 0 Å². The molecule has 0 radical (unpaired) electrons. The number of azide groups is 1. The third kappa shape index (κ3) is 2.41. The van der Waals surface area contributed by atoms with Gasteiger partial charge >= 0.3 is 0 Å². The summed E-state index contributed by atoms with van der Waals surface area (Å²) >= 11 is 0. The first-order chi connectivity index (χ1) is 8.20. The van der Waals surface area contributed by atoms with Gasteiger partial charge in [0.1, 0.15) is 11.6 Å². The maximum Gasteiger partial charge on any atom is 0.126 e. The minimum Gasteiger partial charge on any atom is -0.207 e. The Morgan fingerprint density at radius 3 is 2.29 bits per heavy atom. The van der Waals surface area contributed by atoms with Gasteiger partial charge in [-0.1, -0.05) is 29.4 Å². The van der Waals surface area contributed by atoms with Gasteiger partial charge in [-0.2, -0.15) is 0 Å². The van der Waals surface area contributed by atoms with Crippen LogP contribution in [0, 0.1) is 11.6 Å². The van der Waals surface area contributed by atoms with Crippen LogP contribution in [0.1, 0.15) is 0 Å². The summed E-state index contributed by atoms with van der Waals surface area (Å²) in [6, 6.07) is 9.77. The molecule has 2 rings (SSSR count). The Kier molecular flexibility index (Phi) is 3.03. The van der Waals surface area contributed by atoms with Crippen molar-refractivity contribution in [1.82, 2.24) is 0 Å². The highest BCUT2D eigenvalue weighted by molar-refractivity contribution is 5.75. The molecule has 17 heavy (non-hydrogen) atoms. The molecular weight excluding hydrogens is 224 g/mol. The first kappa shape index (κ1) is 11.1. The van der Waals surface area contributed by atoms with E-state index in [9.17, 15) is 8.78 Å². The number of benzene rings is 2. The van der Waals surface area contributed by atoms with Crippen LogP contribution in [0.25, 0.3) is 21.6 Å². The molecule has 0 aliphatic carbocycles. The summed E-state index contributed by atoms with van der Waals surface area (Å²) in [5.41, 5.74) is 9.57. The lowest BCUT2D eigenvalue weighted by Crippen LogP contribution is -1.84. The molecule has 0 unspecified atom stereocenters. The minimum atomic E-state index is -0.671. The Labute approximate surface area is 96.0 Å². The summed E-state index contributed by atoms with van der Waals surface area (Å²) in [6.45, 7) is 0. The maximum atomic E-state index is 13.1. The lowest BCUT2D eigenvalue weighted by atomic mass is 10.0. The average molecular weight is 231 g/mol.